The quantitative estimate of drug-likeness (QED) is 0.0321. The first kappa shape index (κ1) is 43.7. The van der Waals surface area contributed by atoms with Gasteiger partial charge in [0.2, 0.25) is 0 Å². The molecule has 0 fully saturated rings. The van der Waals surface area contributed by atoms with Crippen molar-refractivity contribution in [3.05, 3.63) is 44.1 Å². The summed E-state index contributed by atoms with van der Waals surface area (Å²) in [4.78, 5) is 84.4. The number of nitrogens with zero attached hydrogens (tertiary/aromatic N) is 5. The van der Waals surface area contributed by atoms with E-state index >= 15 is 0 Å². The minimum absolute atomic E-state index is 0.172. The van der Waals surface area contributed by atoms with Crippen molar-refractivity contribution < 1.29 is 28.8 Å². The minimum Gasteiger partial charge on any atom is -0.463 e. The maximum Gasteiger partial charge on any atom is 0.433 e. The molecule has 1 aromatic rings. The number of nitrogens with one attached hydrogen (secondary N) is 1. The Morgan fingerprint density at radius 1 is 0.660 bits per heavy atom. The number of esters is 1. The molecule has 0 saturated carbocycles. The molecular weight excluding hydrogens is 648 g/mol. The molecule has 0 aliphatic carbocycles. The lowest BCUT2D eigenvalue weighted by Crippen LogP contribution is -2.54. The third kappa shape index (κ3) is 18.5. The Morgan fingerprint density at radius 3 is 1.60 bits per heavy atom. The van der Waals surface area contributed by atoms with Crippen LogP contribution in [0.15, 0.2) is 37.3 Å². The number of carbonyl (C=O) groups is 3. The van der Waals surface area contributed by atoms with Crippen LogP contribution in [0.25, 0.3) is 0 Å². The van der Waals surface area contributed by atoms with Crippen molar-refractivity contribution in [3.63, 3.8) is 0 Å². The minimum atomic E-state index is -0.617. The first-order chi connectivity index (χ1) is 24.0. The van der Waals surface area contributed by atoms with Gasteiger partial charge in [0.15, 0.2) is 0 Å². The lowest BCUT2D eigenvalue weighted by molar-refractivity contribution is -0.143. The summed E-state index contributed by atoms with van der Waals surface area (Å²) in [6.45, 7) is 12.0. The molecule has 15 heteroatoms. The molecule has 15 nitrogen and oxygen atoms in total. The average Bonchev–Trinajstić information content (AvgIpc) is 3.11. The van der Waals surface area contributed by atoms with Gasteiger partial charge < -0.3 is 14.9 Å². The molecule has 1 amide bonds. The lowest BCUT2D eigenvalue weighted by Gasteiger charge is -2.14. The number of hydrogen-bond donors (Lipinski definition) is 1. The summed E-state index contributed by atoms with van der Waals surface area (Å²) in [5.74, 6) is -0.843. The van der Waals surface area contributed by atoms with Crippen LogP contribution in [0.5, 0.6) is 0 Å². The van der Waals surface area contributed by atoms with E-state index in [0.29, 0.717) is 76.5 Å². The highest BCUT2D eigenvalue weighted by molar-refractivity contribution is 5.82. The fourth-order valence-electron chi connectivity index (χ4n) is 4.68. The number of ether oxygens (including phenoxy) is 1. The molecule has 0 unspecified atom stereocenters. The predicted molar refractivity (Wildman–Crippen MR) is 192 cm³/mol. The van der Waals surface area contributed by atoms with Crippen LogP contribution in [0.4, 0.5) is 4.79 Å². The van der Waals surface area contributed by atoms with E-state index < -0.39 is 29.1 Å². The number of hydrogen-bond acceptors (Lipinski definition) is 11. The molecule has 0 radical (unpaired) electrons. The summed E-state index contributed by atoms with van der Waals surface area (Å²) in [5, 5.41) is 10.1. The Hall–Kier alpha value is -4.30. The second-order valence-electron chi connectivity index (χ2n) is 12.1. The van der Waals surface area contributed by atoms with Gasteiger partial charge >= 0.3 is 35.1 Å². The lowest BCUT2D eigenvalue weighted by atomic mass is 10.1. The van der Waals surface area contributed by atoms with Gasteiger partial charge in [0, 0.05) is 38.7 Å². The van der Waals surface area contributed by atoms with Gasteiger partial charge in [0.25, 0.3) is 0 Å². The highest BCUT2D eigenvalue weighted by atomic mass is 16.7. The van der Waals surface area contributed by atoms with E-state index in [9.17, 15) is 28.8 Å². The number of unbranched alkanes of at least 4 members (excludes halogenated alkanes) is 10. The third-order valence-corrected chi connectivity index (χ3v) is 8.02. The maximum absolute atomic E-state index is 13.4. The summed E-state index contributed by atoms with van der Waals surface area (Å²) in [6, 6.07) is 0. The van der Waals surface area contributed by atoms with Crippen LogP contribution in [-0.4, -0.2) is 56.3 Å². The molecule has 0 aliphatic rings. The summed E-state index contributed by atoms with van der Waals surface area (Å²) in [7, 11) is 0. The van der Waals surface area contributed by atoms with Gasteiger partial charge in [-0.25, -0.2) is 42.5 Å². The zero-order valence-electron chi connectivity index (χ0n) is 30.5. The Balaban J connectivity index is 2.75. The molecule has 0 aromatic carbocycles. The highest BCUT2D eigenvalue weighted by Gasteiger charge is 2.15. The Kier molecular flexibility index (Phi) is 23.2. The smallest absolute Gasteiger partial charge is 0.433 e. The normalized spacial score (nSPS) is 11.7. The van der Waals surface area contributed by atoms with Crippen LogP contribution < -0.4 is 22.4 Å². The monoisotopic (exact) mass is 706 g/mol. The average molecular weight is 707 g/mol. The van der Waals surface area contributed by atoms with Crippen LogP contribution in [0.3, 0.4) is 0 Å². The molecule has 0 saturated heterocycles. The molecule has 0 spiro atoms. The second-order valence-corrected chi connectivity index (χ2v) is 12.1. The third-order valence-electron chi connectivity index (χ3n) is 8.02. The second kappa shape index (κ2) is 26.6. The van der Waals surface area contributed by atoms with Crippen molar-refractivity contribution in [1.82, 2.24) is 19.0 Å². The van der Waals surface area contributed by atoms with Crippen molar-refractivity contribution in [2.75, 3.05) is 13.2 Å². The molecule has 50 heavy (non-hydrogen) atoms. The number of carbonyl (C=O) groups excluding carboxylic acids is 3. The molecule has 282 valence electrons. The van der Waals surface area contributed by atoms with Crippen LogP contribution >= 0.6 is 0 Å². The topological polar surface area (TPSA) is 182 Å². The predicted octanol–water partition coefficient (Wildman–Crippen LogP) is 5.20. The van der Waals surface area contributed by atoms with Crippen molar-refractivity contribution in [2.45, 2.75) is 150 Å². The number of rotatable bonds is 27. The van der Waals surface area contributed by atoms with Crippen molar-refractivity contribution >= 4 is 29.5 Å². The van der Waals surface area contributed by atoms with E-state index in [1.807, 2.05) is 13.8 Å². The van der Waals surface area contributed by atoms with E-state index in [0.717, 1.165) is 57.6 Å². The van der Waals surface area contributed by atoms with Crippen molar-refractivity contribution in [3.8, 4) is 0 Å². The van der Waals surface area contributed by atoms with Crippen LogP contribution in [0.1, 0.15) is 130 Å². The van der Waals surface area contributed by atoms with E-state index in [1.165, 1.54) is 0 Å². The Labute approximate surface area is 294 Å². The van der Waals surface area contributed by atoms with E-state index in [-0.39, 0.29) is 38.6 Å². The van der Waals surface area contributed by atoms with Gasteiger partial charge in [-0.2, -0.15) is 0 Å². The van der Waals surface area contributed by atoms with Crippen molar-refractivity contribution in [2.24, 2.45) is 10.3 Å². The van der Waals surface area contributed by atoms with Crippen LogP contribution in [0, 0.1) is 0 Å². The van der Waals surface area contributed by atoms with Gasteiger partial charge in [0.05, 0.1) is 18.0 Å². The molecule has 1 N–H and O–H groups in total. The van der Waals surface area contributed by atoms with Gasteiger partial charge in [0.1, 0.15) is 0 Å². The van der Waals surface area contributed by atoms with Crippen LogP contribution in [-0.2, 0) is 43.6 Å². The van der Waals surface area contributed by atoms with E-state index in [2.05, 4.69) is 22.2 Å². The zero-order valence-corrected chi connectivity index (χ0v) is 30.5. The molecule has 1 heterocycles. The molecule has 1 rings (SSSR count). The first-order valence-electron chi connectivity index (χ1n) is 18.0. The molecular formula is C35H58N6O9. The Morgan fingerprint density at radius 2 is 1.10 bits per heavy atom. The highest BCUT2D eigenvalue weighted by Crippen LogP contribution is 2.08. The van der Waals surface area contributed by atoms with E-state index in [1.54, 1.807) is 13.8 Å². The first-order valence-corrected chi connectivity index (χ1v) is 18.0. The molecule has 0 aliphatic heterocycles. The fourth-order valence-corrected chi connectivity index (χ4v) is 4.68. The Bertz CT molecular complexity index is 1350. The zero-order chi connectivity index (χ0) is 37.1. The SMILES string of the molecule is C=CC(=O)OCCCCCCn1c(=O)n(CCCCCCCC(=O)O/N=C(\C)CC)c(=O)n(CCCCCCNC(=O)O/N=C(\C)CC)c1=O. The molecule has 1 aromatic heterocycles. The van der Waals surface area contributed by atoms with Gasteiger partial charge in [-0.05, 0) is 71.6 Å². The standard InChI is InChI=1S/C35H58N6O9/c1-6-28(4)37-49-31(43)22-16-10-9-12-18-24-39-33(45)40(25-19-13-11-17-23-36-32(44)50-38-29(5)7-2)35(47)41(34(39)46)26-20-14-15-21-27-48-30(42)8-3/h8H,3,6-7,9-27H2,1-2,4-5H3,(H,36,44)/b37-28+,38-29+. The summed E-state index contributed by atoms with van der Waals surface area (Å²) >= 11 is 0. The largest absolute Gasteiger partial charge is 0.463 e. The summed E-state index contributed by atoms with van der Waals surface area (Å²) in [5.41, 5.74) is -0.380. The fraction of sp³-hybridized carbons (Fsp3) is 0.714. The van der Waals surface area contributed by atoms with Gasteiger partial charge in [-0.3, -0.25) is 4.84 Å². The number of aromatic nitrogens is 3. The van der Waals surface area contributed by atoms with Gasteiger partial charge in [-0.15, -0.1) is 0 Å². The number of amides is 1. The summed E-state index contributed by atoms with van der Waals surface area (Å²) < 4.78 is 8.43. The number of oxime groups is 2. The molecule has 0 atom stereocenters. The summed E-state index contributed by atoms with van der Waals surface area (Å²) in [6.07, 6.45) is 11.1. The van der Waals surface area contributed by atoms with Crippen LogP contribution in [0.2, 0.25) is 0 Å². The van der Waals surface area contributed by atoms with Crippen molar-refractivity contribution in [1.29, 1.82) is 0 Å². The molecule has 0 bridgehead atoms. The van der Waals surface area contributed by atoms with Gasteiger partial charge in [-0.1, -0.05) is 69.3 Å². The maximum atomic E-state index is 13.4. The van der Waals surface area contributed by atoms with E-state index in [4.69, 9.17) is 14.4 Å².